The fraction of sp³-hybridized carbons (Fsp3) is 0.267. The summed E-state index contributed by atoms with van der Waals surface area (Å²) in [6.07, 6.45) is 1.92. The Kier molecular flexibility index (Phi) is 6.69. The number of rotatable bonds is 5. The number of carbonyl (C=O) groups is 2. The van der Waals surface area contributed by atoms with Crippen LogP contribution in [-0.4, -0.2) is 36.6 Å². The van der Waals surface area contributed by atoms with E-state index in [0.717, 1.165) is 52.0 Å². The van der Waals surface area contributed by atoms with E-state index in [0.29, 0.717) is 16.3 Å². The molecule has 6 nitrogen and oxygen atoms in total. The van der Waals surface area contributed by atoms with Crippen molar-refractivity contribution in [2.24, 2.45) is 0 Å². The third-order valence-corrected chi connectivity index (χ3v) is 7.50. The average Bonchev–Trinajstić information content (AvgIpc) is 3.18. The summed E-state index contributed by atoms with van der Waals surface area (Å²) < 4.78 is 12.6. The van der Waals surface area contributed by atoms with Crippen LogP contribution in [0.2, 0.25) is 5.02 Å². The third-order valence-electron chi connectivity index (χ3n) is 7.25. The van der Waals surface area contributed by atoms with Gasteiger partial charge >= 0.3 is 0 Å². The van der Waals surface area contributed by atoms with Gasteiger partial charge in [-0.2, -0.15) is 0 Å². The standard InChI is InChI=1S/C30H29ClN2O4/c1-18-5-6-21-15-23(36-3)11-13-27(21)32(18)29(34)17-25-19(2)33(28-14-12-24(37-4)16-26(25)28)30(35)20-7-9-22(31)10-8-20/h7-16,18H,5-6,17H2,1-4H3/t18-/m0/s1. The predicted octanol–water partition coefficient (Wildman–Crippen LogP) is 6.22. The number of benzene rings is 3. The zero-order chi connectivity index (χ0) is 26.3. The number of fused-ring (bicyclic) bond motifs is 2. The Balaban J connectivity index is 1.58. The van der Waals surface area contributed by atoms with Gasteiger partial charge in [0, 0.05) is 33.4 Å². The number of aromatic nitrogens is 1. The third kappa shape index (κ3) is 4.46. The second-order valence-electron chi connectivity index (χ2n) is 9.42. The number of hydrogen-bond donors (Lipinski definition) is 0. The quantitative estimate of drug-likeness (QED) is 0.316. The summed E-state index contributed by atoms with van der Waals surface area (Å²) in [4.78, 5) is 29.4. The van der Waals surface area contributed by atoms with Crippen LogP contribution in [-0.2, 0) is 17.6 Å². The lowest BCUT2D eigenvalue weighted by atomic mass is 9.95. The van der Waals surface area contributed by atoms with Crippen LogP contribution in [0.25, 0.3) is 10.9 Å². The van der Waals surface area contributed by atoms with Crippen LogP contribution in [0.4, 0.5) is 5.69 Å². The van der Waals surface area contributed by atoms with E-state index in [1.807, 2.05) is 48.2 Å². The van der Waals surface area contributed by atoms with Crippen molar-refractivity contribution >= 4 is 40.0 Å². The summed E-state index contributed by atoms with van der Waals surface area (Å²) in [5.74, 6) is 1.27. The number of amides is 1. The van der Waals surface area contributed by atoms with E-state index < -0.39 is 0 Å². The highest BCUT2D eigenvalue weighted by atomic mass is 35.5. The number of methoxy groups -OCH3 is 2. The van der Waals surface area contributed by atoms with Crippen molar-refractivity contribution in [3.63, 3.8) is 0 Å². The van der Waals surface area contributed by atoms with Gasteiger partial charge in [0.05, 0.1) is 26.2 Å². The van der Waals surface area contributed by atoms with Gasteiger partial charge in [0.1, 0.15) is 11.5 Å². The molecule has 1 aliphatic rings. The molecule has 0 spiro atoms. The molecular formula is C30H29ClN2O4. The molecule has 7 heteroatoms. The molecule has 4 aromatic rings. The summed E-state index contributed by atoms with van der Waals surface area (Å²) >= 11 is 6.04. The van der Waals surface area contributed by atoms with E-state index in [2.05, 4.69) is 6.92 Å². The van der Waals surface area contributed by atoms with Crippen LogP contribution >= 0.6 is 11.6 Å². The first-order chi connectivity index (χ1) is 17.8. The zero-order valence-corrected chi connectivity index (χ0v) is 22.1. The van der Waals surface area contributed by atoms with Gasteiger partial charge < -0.3 is 14.4 Å². The van der Waals surface area contributed by atoms with Crippen LogP contribution in [0.15, 0.2) is 60.7 Å². The maximum absolute atomic E-state index is 13.9. The van der Waals surface area contributed by atoms with Crippen molar-refractivity contribution in [2.75, 3.05) is 19.1 Å². The summed E-state index contributed by atoms with van der Waals surface area (Å²) in [5.41, 5.74) is 4.82. The minimum absolute atomic E-state index is 0.0115. The lowest BCUT2D eigenvalue weighted by Gasteiger charge is -2.35. The molecule has 0 aliphatic carbocycles. The number of nitrogens with zero attached hydrogens (tertiary/aromatic N) is 2. The number of carbonyl (C=O) groups excluding carboxylic acids is 2. The Morgan fingerprint density at radius 3 is 2.35 bits per heavy atom. The minimum Gasteiger partial charge on any atom is -0.497 e. The lowest BCUT2D eigenvalue weighted by molar-refractivity contribution is -0.118. The van der Waals surface area contributed by atoms with Gasteiger partial charge in [0.2, 0.25) is 5.91 Å². The Hall–Kier alpha value is -3.77. The van der Waals surface area contributed by atoms with Gasteiger partial charge in [0.15, 0.2) is 0 Å². The summed E-state index contributed by atoms with van der Waals surface area (Å²) in [7, 11) is 3.25. The van der Waals surface area contributed by atoms with Crippen LogP contribution in [0.3, 0.4) is 0 Å². The van der Waals surface area contributed by atoms with E-state index in [4.69, 9.17) is 21.1 Å². The Morgan fingerprint density at radius 2 is 1.65 bits per heavy atom. The largest absolute Gasteiger partial charge is 0.497 e. The highest BCUT2D eigenvalue weighted by Gasteiger charge is 2.30. The first-order valence-electron chi connectivity index (χ1n) is 12.3. The summed E-state index contributed by atoms with van der Waals surface area (Å²) in [6, 6.07) is 18.4. The molecule has 1 atom stereocenters. The molecule has 1 aromatic heterocycles. The molecule has 0 saturated carbocycles. The van der Waals surface area contributed by atoms with Gasteiger partial charge in [-0.15, -0.1) is 0 Å². The first-order valence-corrected chi connectivity index (χ1v) is 12.7. The average molecular weight is 517 g/mol. The number of anilines is 1. The van der Waals surface area contributed by atoms with Crippen LogP contribution in [0.1, 0.15) is 40.5 Å². The monoisotopic (exact) mass is 516 g/mol. The van der Waals surface area contributed by atoms with Gasteiger partial charge in [-0.1, -0.05) is 11.6 Å². The number of aryl methyl sites for hydroxylation is 1. The molecule has 1 amide bonds. The first kappa shape index (κ1) is 24.9. The summed E-state index contributed by atoms with van der Waals surface area (Å²) in [6.45, 7) is 3.97. The number of halogens is 1. The predicted molar refractivity (Wildman–Crippen MR) is 146 cm³/mol. The molecule has 0 fully saturated rings. The Morgan fingerprint density at radius 1 is 0.973 bits per heavy atom. The fourth-order valence-corrected chi connectivity index (χ4v) is 5.39. The van der Waals surface area contributed by atoms with Crippen molar-refractivity contribution in [3.8, 4) is 11.5 Å². The van der Waals surface area contributed by atoms with Gasteiger partial charge in [-0.3, -0.25) is 14.2 Å². The maximum atomic E-state index is 13.9. The SMILES string of the molecule is COc1ccc2c(c1)CC[C@H](C)N2C(=O)Cc1c(C)n(C(=O)c2ccc(Cl)cc2)c2ccc(OC)cc12. The van der Waals surface area contributed by atoms with Crippen molar-refractivity contribution in [1.29, 1.82) is 0 Å². The molecule has 37 heavy (non-hydrogen) atoms. The maximum Gasteiger partial charge on any atom is 0.262 e. The summed E-state index contributed by atoms with van der Waals surface area (Å²) in [5, 5.41) is 1.39. The van der Waals surface area contributed by atoms with Crippen LogP contribution in [0.5, 0.6) is 11.5 Å². The normalized spacial score (nSPS) is 14.9. The van der Waals surface area contributed by atoms with Gasteiger partial charge in [-0.05, 0) is 98.5 Å². The molecular weight excluding hydrogens is 488 g/mol. The van der Waals surface area contributed by atoms with Crippen molar-refractivity contribution in [3.05, 3.63) is 88.1 Å². The number of hydrogen-bond acceptors (Lipinski definition) is 4. The second-order valence-corrected chi connectivity index (χ2v) is 9.85. The van der Waals surface area contributed by atoms with Gasteiger partial charge in [-0.25, -0.2) is 0 Å². The molecule has 0 N–H and O–H groups in total. The molecule has 3 aromatic carbocycles. The smallest absolute Gasteiger partial charge is 0.262 e. The molecule has 0 saturated heterocycles. The fourth-order valence-electron chi connectivity index (χ4n) is 5.27. The van der Waals surface area contributed by atoms with Gasteiger partial charge in [0.25, 0.3) is 5.91 Å². The van der Waals surface area contributed by atoms with Crippen LogP contribution in [0, 0.1) is 6.92 Å². The second kappa shape index (κ2) is 9.94. The molecule has 0 unspecified atom stereocenters. The van der Waals surface area contributed by atoms with Crippen molar-refractivity contribution in [1.82, 2.24) is 4.57 Å². The van der Waals surface area contributed by atoms with Crippen molar-refractivity contribution in [2.45, 2.75) is 39.2 Å². The zero-order valence-electron chi connectivity index (χ0n) is 21.4. The molecule has 2 heterocycles. The van der Waals surface area contributed by atoms with Crippen molar-refractivity contribution < 1.29 is 19.1 Å². The van der Waals surface area contributed by atoms with E-state index in [-0.39, 0.29) is 24.3 Å². The van der Waals surface area contributed by atoms with E-state index in [9.17, 15) is 9.59 Å². The van der Waals surface area contributed by atoms with E-state index in [1.165, 1.54) is 0 Å². The molecule has 190 valence electrons. The van der Waals surface area contributed by atoms with Crippen LogP contribution < -0.4 is 14.4 Å². The molecule has 5 rings (SSSR count). The topological polar surface area (TPSA) is 60.8 Å². The Bertz CT molecular complexity index is 1510. The minimum atomic E-state index is -0.174. The molecule has 0 bridgehead atoms. The molecule has 1 aliphatic heterocycles. The van der Waals surface area contributed by atoms with E-state index in [1.54, 1.807) is 43.1 Å². The Labute approximate surface area is 221 Å². The van der Waals surface area contributed by atoms with E-state index >= 15 is 0 Å². The lowest BCUT2D eigenvalue weighted by Crippen LogP contribution is -2.43. The number of ether oxygens (including phenoxy) is 2. The highest BCUT2D eigenvalue weighted by molar-refractivity contribution is 6.30. The highest BCUT2D eigenvalue weighted by Crippen LogP contribution is 2.36. The molecule has 0 radical (unpaired) electrons.